The van der Waals surface area contributed by atoms with Crippen LogP contribution in [0.3, 0.4) is 0 Å². The van der Waals surface area contributed by atoms with E-state index in [1.165, 1.54) is 30.8 Å². The number of thioether (sulfide) groups is 1. The fourth-order valence-electron chi connectivity index (χ4n) is 2.63. The summed E-state index contributed by atoms with van der Waals surface area (Å²) < 4.78 is 16.1. The van der Waals surface area contributed by atoms with Crippen LogP contribution in [0.15, 0.2) is 60.5 Å². The van der Waals surface area contributed by atoms with Crippen LogP contribution >= 0.6 is 11.8 Å². The number of pyridine rings is 1. The van der Waals surface area contributed by atoms with E-state index in [1.807, 2.05) is 16.7 Å². The molecule has 1 N–H and O–H groups in total. The molecule has 0 atom stereocenters. The van der Waals surface area contributed by atoms with Gasteiger partial charge in [0.15, 0.2) is 16.8 Å². The van der Waals surface area contributed by atoms with Crippen LogP contribution in [0.5, 0.6) is 0 Å². The van der Waals surface area contributed by atoms with Gasteiger partial charge in [0.05, 0.1) is 11.3 Å². The Bertz CT molecular complexity index is 1050. The zero-order chi connectivity index (χ0) is 20.8. The Hall–Kier alpha value is -3.33. The summed E-state index contributed by atoms with van der Waals surface area (Å²) in [5, 5.41) is 11.4. The molecule has 0 saturated heterocycles. The van der Waals surface area contributed by atoms with Crippen molar-refractivity contribution < 1.29 is 14.0 Å². The molecular weight excluding hydrogens is 393 g/mol. The zero-order valence-electron chi connectivity index (χ0n) is 15.6. The van der Waals surface area contributed by atoms with Crippen molar-refractivity contribution in [1.29, 1.82) is 0 Å². The van der Waals surface area contributed by atoms with Gasteiger partial charge in [-0.2, -0.15) is 0 Å². The van der Waals surface area contributed by atoms with Crippen LogP contribution in [-0.4, -0.2) is 37.2 Å². The van der Waals surface area contributed by atoms with Gasteiger partial charge in [-0.15, -0.1) is 16.8 Å². The summed E-state index contributed by atoms with van der Waals surface area (Å²) in [6.07, 6.45) is 5.03. The van der Waals surface area contributed by atoms with Crippen LogP contribution in [0.25, 0.3) is 11.4 Å². The van der Waals surface area contributed by atoms with E-state index in [2.05, 4.69) is 27.1 Å². The van der Waals surface area contributed by atoms with Crippen LogP contribution in [0.2, 0.25) is 0 Å². The quantitative estimate of drug-likeness (QED) is 0.346. The van der Waals surface area contributed by atoms with Gasteiger partial charge in [-0.25, -0.2) is 4.39 Å². The first-order valence-corrected chi connectivity index (χ1v) is 9.65. The van der Waals surface area contributed by atoms with E-state index in [0.29, 0.717) is 23.2 Å². The molecule has 1 amide bonds. The molecule has 29 heavy (non-hydrogen) atoms. The Kier molecular flexibility index (Phi) is 6.50. The number of rotatable bonds is 8. The average molecular weight is 411 g/mol. The molecule has 2 heterocycles. The largest absolute Gasteiger partial charge is 0.326 e. The van der Waals surface area contributed by atoms with E-state index in [4.69, 9.17) is 0 Å². The molecule has 9 heteroatoms. The highest BCUT2D eigenvalue weighted by Crippen LogP contribution is 2.25. The van der Waals surface area contributed by atoms with Crippen molar-refractivity contribution in [2.75, 3.05) is 11.1 Å². The van der Waals surface area contributed by atoms with Crippen LogP contribution in [0.4, 0.5) is 10.1 Å². The Morgan fingerprint density at radius 2 is 2.00 bits per heavy atom. The molecule has 0 spiro atoms. The molecule has 148 valence electrons. The van der Waals surface area contributed by atoms with Crippen molar-refractivity contribution in [3.8, 4) is 11.4 Å². The third-order valence-electron chi connectivity index (χ3n) is 3.89. The molecule has 3 aromatic rings. The number of halogens is 1. The lowest BCUT2D eigenvalue weighted by Gasteiger charge is -2.08. The van der Waals surface area contributed by atoms with E-state index in [-0.39, 0.29) is 23.0 Å². The number of allylic oxidation sites excluding steroid dienone is 1. The summed E-state index contributed by atoms with van der Waals surface area (Å²) in [5.74, 6) is -0.770. The summed E-state index contributed by atoms with van der Waals surface area (Å²) in [7, 11) is 0. The predicted molar refractivity (Wildman–Crippen MR) is 109 cm³/mol. The highest BCUT2D eigenvalue weighted by molar-refractivity contribution is 7.99. The molecular formula is C20H18FN5O2S. The number of carbonyl (C=O) groups excluding carboxylic acids is 2. The van der Waals surface area contributed by atoms with E-state index in [9.17, 15) is 14.0 Å². The van der Waals surface area contributed by atoms with Crippen LogP contribution in [0.1, 0.15) is 17.3 Å². The Balaban J connectivity index is 1.76. The van der Waals surface area contributed by atoms with Crippen molar-refractivity contribution in [1.82, 2.24) is 19.7 Å². The maximum Gasteiger partial charge on any atom is 0.221 e. The molecule has 0 radical (unpaired) electrons. The summed E-state index contributed by atoms with van der Waals surface area (Å²) in [4.78, 5) is 27.5. The van der Waals surface area contributed by atoms with Crippen LogP contribution in [-0.2, 0) is 11.3 Å². The molecule has 0 aliphatic rings. The molecule has 3 rings (SSSR count). The van der Waals surface area contributed by atoms with Gasteiger partial charge in [0.2, 0.25) is 5.91 Å². The summed E-state index contributed by atoms with van der Waals surface area (Å²) in [6, 6.07) is 7.61. The van der Waals surface area contributed by atoms with E-state index in [1.54, 1.807) is 18.5 Å². The fraction of sp³-hybridized carbons (Fsp3) is 0.150. The van der Waals surface area contributed by atoms with E-state index >= 15 is 0 Å². The van der Waals surface area contributed by atoms with Gasteiger partial charge in [0, 0.05) is 37.1 Å². The standard InChI is InChI=1S/C20H18FN5O2S/c1-3-10-26-19(14-6-8-22-9-7-14)24-25-20(26)29-12-18(28)16-5-4-15(11-17(16)21)23-13(2)27/h3-9,11H,1,10,12H2,2H3,(H,23,27). The van der Waals surface area contributed by atoms with Gasteiger partial charge in [-0.05, 0) is 30.3 Å². The molecule has 0 aliphatic carbocycles. The lowest BCUT2D eigenvalue weighted by molar-refractivity contribution is -0.114. The molecule has 0 fully saturated rings. The van der Waals surface area contributed by atoms with Crippen molar-refractivity contribution in [3.05, 3.63) is 66.8 Å². The molecule has 1 aromatic carbocycles. The second-order valence-electron chi connectivity index (χ2n) is 6.03. The number of benzene rings is 1. The van der Waals surface area contributed by atoms with Gasteiger partial charge in [0.1, 0.15) is 5.82 Å². The Labute approximate surface area is 171 Å². The minimum absolute atomic E-state index is 0.0119. The first kappa shape index (κ1) is 20.4. The summed E-state index contributed by atoms with van der Waals surface area (Å²) >= 11 is 1.17. The minimum Gasteiger partial charge on any atom is -0.326 e. The highest BCUT2D eigenvalue weighted by Gasteiger charge is 2.17. The maximum atomic E-state index is 14.3. The number of aromatic nitrogens is 4. The number of amides is 1. The van der Waals surface area contributed by atoms with Crippen molar-refractivity contribution in [2.45, 2.75) is 18.6 Å². The third-order valence-corrected chi connectivity index (χ3v) is 4.86. The molecule has 2 aromatic heterocycles. The van der Waals surface area contributed by atoms with Gasteiger partial charge < -0.3 is 5.32 Å². The molecule has 0 bridgehead atoms. The van der Waals surface area contributed by atoms with E-state index in [0.717, 1.165) is 11.6 Å². The number of nitrogens with zero attached hydrogens (tertiary/aromatic N) is 4. The van der Waals surface area contributed by atoms with Crippen molar-refractivity contribution in [3.63, 3.8) is 0 Å². The predicted octanol–water partition coefficient (Wildman–Crippen LogP) is 3.60. The second kappa shape index (κ2) is 9.24. The van der Waals surface area contributed by atoms with Crippen LogP contribution < -0.4 is 5.32 Å². The zero-order valence-corrected chi connectivity index (χ0v) is 16.4. The monoisotopic (exact) mass is 411 g/mol. The topological polar surface area (TPSA) is 89.8 Å². The normalized spacial score (nSPS) is 10.6. The van der Waals surface area contributed by atoms with Crippen molar-refractivity contribution in [2.24, 2.45) is 0 Å². The average Bonchev–Trinajstić information content (AvgIpc) is 3.09. The van der Waals surface area contributed by atoms with Crippen LogP contribution in [0, 0.1) is 5.82 Å². The third kappa shape index (κ3) is 4.94. The number of hydrogen-bond acceptors (Lipinski definition) is 6. The molecule has 0 saturated carbocycles. The molecule has 0 aliphatic heterocycles. The molecule has 0 unspecified atom stereocenters. The number of anilines is 1. The Morgan fingerprint density at radius 3 is 2.66 bits per heavy atom. The maximum absolute atomic E-state index is 14.3. The Morgan fingerprint density at radius 1 is 1.24 bits per heavy atom. The number of hydrogen-bond donors (Lipinski definition) is 1. The first-order valence-electron chi connectivity index (χ1n) is 8.67. The molecule has 7 nitrogen and oxygen atoms in total. The highest BCUT2D eigenvalue weighted by atomic mass is 32.2. The second-order valence-corrected chi connectivity index (χ2v) is 6.97. The number of Topliss-reactive ketones (excluding diaryl/α,β-unsaturated/α-hetero) is 1. The smallest absolute Gasteiger partial charge is 0.221 e. The van der Waals surface area contributed by atoms with Gasteiger partial charge in [0.25, 0.3) is 0 Å². The van der Waals surface area contributed by atoms with Gasteiger partial charge >= 0.3 is 0 Å². The SMILES string of the molecule is C=CCn1c(SCC(=O)c2ccc(NC(C)=O)cc2F)nnc1-c1ccncc1. The van der Waals surface area contributed by atoms with Gasteiger partial charge in [-0.3, -0.25) is 19.1 Å². The van der Waals surface area contributed by atoms with Crippen molar-refractivity contribution >= 4 is 29.1 Å². The lowest BCUT2D eigenvalue weighted by atomic mass is 10.1. The minimum atomic E-state index is -0.688. The van der Waals surface area contributed by atoms with E-state index < -0.39 is 5.82 Å². The summed E-state index contributed by atoms with van der Waals surface area (Å²) in [6.45, 7) is 5.54. The number of nitrogens with one attached hydrogen (secondary N) is 1. The first-order chi connectivity index (χ1) is 14.0. The summed E-state index contributed by atoms with van der Waals surface area (Å²) in [5.41, 5.74) is 1.09. The number of carbonyl (C=O) groups is 2. The number of ketones is 1. The fourth-order valence-corrected chi connectivity index (χ4v) is 3.46. The lowest BCUT2D eigenvalue weighted by Crippen LogP contribution is -2.10. The van der Waals surface area contributed by atoms with Gasteiger partial charge in [-0.1, -0.05) is 17.8 Å².